The summed E-state index contributed by atoms with van der Waals surface area (Å²) in [5, 5.41) is 21.8. The zero-order valence-corrected chi connectivity index (χ0v) is 17.8. The molecule has 5 rings (SSSR count). The molecule has 0 amide bonds. The first-order valence-electron chi connectivity index (χ1n) is 11.3. The zero-order valence-electron chi connectivity index (χ0n) is 17.8. The topological polar surface area (TPSA) is 96.4 Å². The van der Waals surface area contributed by atoms with Crippen molar-refractivity contribution in [1.29, 1.82) is 0 Å². The van der Waals surface area contributed by atoms with E-state index in [9.17, 15) is 19.8 Å². The van der Waals surface area contributed by atoms with Gasteiger partial charge >= 0.3 is 5.97 Å². The van der Waals surface area contributed by atoms with E-state index in [2.05, 4.69) is 13.8 Å². The van der Waals surface area contributed by atoms with E-state index in [-0.39, 0.29) is 41.5 Å². The summed E-state index contributed by atoms with van der Waals surface area (Å²) in [6.07, 6.45) is 6.57. The van der Waals surface area contributed by atoms with Crippen LogP contribution in [0.25, 0.3) is 0 Å². The molecule has 1 saturated heterocycles. The molecular formula is C23H34O6. The van der Waals surface area contributed by atoms with E-state index < -0.39 is 17.0 Å². The van der Waals surface area contributed by atoms with Crippen molar-refractivity contribution in [3.8, 4) is 0 Å². The Morgan fingerprint density at radius 3 is 2.45 bits per heavy atom. The molecule has 1 aliphatic heterocycles. The van der Waals surface area contributed by atoms with Gasteiger partial charge in [-0.2, -0.15) is 0 Å². The number of aliphatic hydroxyl groups is 2. The minimum atomic E-state index is -1.42. The van der Waals surface area contributed by atoms with Crippen molar-refractivity contribution in [2.24, 2.45) is 28.6 Å². The lowest BCUT2D eigenvalue weighted by Gasteiger charge is -2.59. The highest BCUT2D eigenvalue weighted by molar-refractivity contribution is 5.90. The summed E-state index contributed by atoms with van der Waals surface area (Å²) < 4.78 is 11.3. The number of hydrogen-bond donors (Lipinski definition) is 2. The molecule has 1 spiro atoms. The minimum absolute atomic E-state index is 0.0730. The van der Waals surface area contributed by atoms with Crippen LogP contribution in [0.2, 0.25) is 0 Å². The first kappa shape index (κ1) is 20.0. The molecule has 0 unspecified atom stereocenters. The Morgan fingerprint density at radius 2 is 1.72 bits per heavy atom. The van der Waals surface area contributed by atoms with Crippen molar-refractivity contribution in [1.82, 2.24) is 0 Å². The van der Waals surface area contributed by atoms with Crippen LogP contribution in [-0.4, -0.2) is 52.0 Å². The van der Waals surface area contributed by atoms with E-state index in [0.717, 1.165) is 44.9 Å². The number of fused-ring (bicyclic) bond motifs is 4. The fourth-order valence-corrected chi connectivity index (χ4v) is 8.42. The first-order valence-corrected chi connectivity index (χ1v) is 11.3. The number of ether oxygens (including phenoxy) is 2. The van der Waals surface area contributed by atoms with E-state index >= 15 is 0 Å². The Hall–Kier alpha value is -0.980. The van der Waals surface area contributed by atoms with Crippen LogP contribution in [0, 0.1) is 28.6 Å². The van der Waals surface area contributed by atoms with Gasteiger partial charge in [-0.25, -0.2) is 0 Å². The third-order valence-electron chi connectivity index (χ3n) is 10.1. The van der Waals surface area contributed by atoms with Crippen LogP contribution in [0.15, 0.2) is 0 Å². The van der Waals surface area contributed by atoms with E-state index in [4.69, 9.17) is 9.47 Å². The fraction of sp³-hybridized carbons (Fsp3) is 0.913. The highest BCUT2D eigenvalue weighted by atomic mass is 16.6. The Bertz CT molecular complexity index is 752. The van der Waals surface area contributed by atoms with Crippen LogP contribution < -0.4 is 0 Å². The van der Waals surface area contributed by atoms with Crippen LogP contribution in [0.5, 0.6) is 0 Å². The molecule has 1 heterocycles. The van der Waals surface area contributed by atoms with Crippen LogP contribution >= 0.6 is 0 Å². The number of Topliss-reactive ketones (excluding diaryl/α,β-unsaturated/α-hetero) is 1. The molecule has 4 aliphatic carbocycles. The lowest BCUT2D eigenvalue weighted by Crippen LogP contribution is -2.61. The van der Waals surface area contributed by atoms with Gasteiger partial charge in [0.25, 0.3) is 0 Å². The quantitative estimate of drug-likeness (QED) is 0.552. The molecule has 0 aromatic rings. The fourth-order valence-electron chi connectivity index (χ4n) is 8.42. The molecule has 4 saturated carbocycles. The molecule has 5 fully saturated rings. The van der Waals surface area contributed by atoms with Gasteiger partial charge in [0.2, 0.25) is 5.78 Å². The molecule has 2 N–H and O–H groups in total. The van der Waals surface area contributed by atoms with Gasteiger partial charge in [-0.3, -0.25) is 9.59 Å². The van der Waals surface area contributed by atoms with Gasteiger partial charge < -0.3 is 19.7 Å². The maximum absolute atomic E-state index is 12.9. The van der Waals surface area contributed by atoms with Gasteiger partial charge in [-0.1, -0.05) is 13.8 Å². The number of hydrogen-bond acceptors (Lipinski definition) is 6. The van der Waals surface area contributed by atoms with Crippen molar-refractivity contribution in [3.05, 3.63) is 0 Å². The predicted octanol–water partition coefficient (Wildman–Crippen LogP) is 2.38. The van der Waals surface area contributed by atoms with E-state index in [1.165, 1.54) is 6.92 Å². The molecule has 0 aromatic heterocycles. The number of epoxide rings is 1. The second kappa shape index (κ2) is 6.04. The minimum Gasteiger partial charge on any atom is -0.458 e. The lowest BCUT2D eigenvalue weighted by molar-refractivity contribution is -0.173. The predicted molar refractivity (Wildman–Crippen MR) is 104 cm³/mol. The van der Waals surface area contributed by atoms with Crippen molar-refractivity contribution in [3.63, 3.8) is 0 Å². The number of carbonyl (C=O) groups is 2. The Kier molecular flexibility index (Phi) is 4.16. The number of rotatable bonds is 3. The van der Waals surface area contributed by atoms with Crippen LogP contribution in [0.1, 0.15) is 72.1 Å². The van der Waals surface area contributed by atoms with Gasteiger partial charge in [-0.05, 0) is 62.7 Å². The molecule has 0 bridgehead atoms. The normalized spacial score (nSPS) is 55.1. The third-order valence-corrected chi connectivity index (χ3v) is 10.1. The lowest BCUT2D eigenvalue weighted by atomic mass is 9.44. The standard InChI is InChI=1S/C23H34O6/c1-13(24)28-12-18(26)22(27)9-6-16-15-10-19-23(29-19)11-14(25)4-7-21(23,3)17(15)5-8-20(16,22)2/h14-17,19,25,27H,4-12H2,1-3H3/t14-,15+,16+,17+,19+,20+,21-,22-,23+/m1/s1. The average molecular weight is 407 g/mol. The van der Waals surface area contributed by atoms with Crippen LogP contribution in [0.4, 0.5) is 0 Å². The summed E-state index contributed by atoms with van der Waals surface area (Å²) in [6.45, 7) is 5.39. The maximum Gasteiger partial charge on any atom is 0.303 e. The smallest absolute Gasteiger partial charge is 0.303 e. The summed E-state index contributed by atoms with van der Waals surface area (Å²) >= 11 is 0. The molecule has 6 heteroatoms. The SMILES string of the molecule is CC(=O)OCC(=O)[C@]1(O)CC[C@H]2[C@@H]3C[C@@H]4O[C@@]45C[C@H](O)CC[C@]5(C)[C@H]3CC[C@@]21C. The Labute approximate surface area is 172 Å². The summed E-state index contributed by atoms with van der Waals surface area (Å²) in [7, 11) is 0. The number of esters is 1. The maximum atomic E-state index is 12.9. The molecule has 29 heavy (non-hydrogen) atoms. The number of ketones is 1. The Morgan fingerprint density at radius 1 is 1.07 bits per heavy atom. The van der Waals surface area contributed by atoms with Gasteiger partial charge in [0.15, 0.2) is 6.61 Å². The second-order valence-corrected chi connectivity index (χ2v) is 11.0. The van der Waals surface area contributed by atoms with Gasteiger partial charge in [-0.15, -0.1) is 0 Å². The highest BCUT2D eigenvalue weighted by Gasteiger charge is 2.77. The molecule has 162 valence electrons. The van der Waals surface area contributed by atoms with E-state index in [1.807, 2.05) is 0 Å². The van der Waals surface area contributed by atoms with Crippen molar-refractivity contribution >= 4 is 11.8 Å². The zero-order chi connectivity index (χ0) is 20.8. The molecule has 9 atom stereocenters. The van der Waals surface area contributed by atoms with Crippen LogP contribution in [0.3, 0.4) is 0 Å². The van der Waals surface area contributed by atoms with E-state index in [0.29, 0.717) is 18.3 Å². The second-order valence-electron chi connectivity index (χ2n) is 11.0. The van der Waals surface area contributed by atoms with Crippen molar-refractivity contribution in [2.45, 2.75) is 95.5 Å². The monoisotopic (exact) mass is 406 g/mol. The van der Waals surface area contributed by atoms with Gasteiger partial charge in [0, 0.05) is 24.2 Å². The molecular weight excluding hydrogens is 372 g/mol. The van der Waals surface area contributed by atoms with Crippen molar-refractivity contribution < 1.29 is 29.3 Å². The summed E-state index contributed by atoms with van der Waals surface area (Å²) in [4.78, 5) is 24.1. The van der Waals surface area contributed by atoms with Crippen LogP contribution in [-0.2, 0) is 19.1 Å². The molecule has 6 nitrogen and oxygen atoms in total. The average Bonchev–Trinajstić information content (AvgIpc) is 3.28. The van der Waals surface area contributed by atoms with Gasteiger partial charge in [0.05, 0.1) is 12.2 Å². The van der Waals surface area contributed by atoms with E-state index in [1.54, 1.807) is 0 Å². The first-order chi connectivity index (χ1) is 13.6. The third kappa shape index (κ3) is 2.40. The molecule has 0 radical (unpaired) electrons. The highest BCUT2D eigenvalue weighted by Crippen LogP contribution is 2.74. The molecule has 0 aromatic carbocycles. The Balaban J connectivity index is 1.42. The summed E-state index contributed by atoms with van der Waals surface area (Å²) in [5.41, 5.74) is -1.98. The number of carbonyl (C=O) groups excluding carboxylic acids is 2. The van der Waals surface area contributed by atoms with Crippen molar-refractivity contribution in [2.75, 3.05) is 6.61 Å². The molecule has 5 aliphatic rings. The summed E-state index contributed by atoms with van der Waals surface area (Å²) in [5.74, 6) is 0.379. The number of aliphatic hydroxyl groups excluding tert-OH is 1. The largest absolute Gasteiger partial charge is 0.458 e. The van der Waals surface area contributed by atoms with Gasteiger partial charge in [0.1, 0.15) is 11.2 Å². The summed E-state index contributed by atoms with van der Waals surface area (Å²) in [6, 6.07) is 0.